The Kier molecular flexibility index (Phi) is 4.04. The molecule has 1 aliphatic rings. The maximum Gasteiger partial charge on any atom is 0.292 e. The van der Waals surface area contributed by atoms with Crippen molar-refractivity contribution in [3.05, 3.63) is 33.3 Å². The molecular weight excluding hydrogens is 256 g/mol. The van der Waals surface area contributed by atoms with Crippen LogP contribution in [0.5, 0.6) is 0 Å². The number of aliphatic hydroxyl groups excluding tert-OH is 1. The van der Waals surface area contributed by atoms with E-state index < -0.39 is 4.92 Å². The van der Waals surface area contributed by atoms with Crippen LogP contribution in [-0.4, -0.2) is 22.7 Å². The van der Waals surface area contributed by atoms with Gasteiger partial charge in [0.05, 0.1) is 11.0 Å². The highest BCUT2D eigenvalue weighted by Gasteiger charge is 2.25. The van der Waals surface area contributed by atoms with Gasteiger partial charge in [0.15, 0.2) is 0 Å². The molecule has 0 bridgehead atoms. The van der Waals surface area contributed by atoms with Crippen LogP contribution < -0.4 is 5.32 Å². The van der Waals surface area contributed by atoms with Crippen LogP contribution in [0, 0.1) is 16.0 Å². The molecule has 1 aromatic carbocycles. The molecule has 0 saturated heterocycles. The molecule has 2 N–H and O–H groups in total. The first kappa shape index (κ1) is 13.1. The van der Waals surface area contributed by atoms with Crippen LogP contribution in [0.3, 0.4) is 0 Å². The lowest BCUT2D eigenvalue weighted by molar-refractivity contribution is -0.384. The normalized spacial score (nSPS) is 23.0. The van der Waals surface area contributed by atoms with Crippen molar-refractivity contribution in [2.24, 2.45) is 5.92 Å². The zero-order valence-corrected chi connectivity index (χ0v) is 10.6. The van der Waals surface area contributed by atoms with E-state index in [1.54, 1.807) is 6.07 Å². The van der Waals surface area contributed by atoms with Gasteiger partial charge in [0.25, 0.3) is 5.69 Å². The lowest BCUT2D eigenvalue weighted by Crippen LogP contribution is -2.22. The highest BCUT2D eigenvalue weighted by Crippen LogP contribution is 2.30. The number of hydrogen-bond donors (Lipinski definition) is 2. The summed E-state index contributed by atoms with van der Waals surface area (Å²) in [6, 6.07) is 4.42. The van der Waals surface area contributed by atoms with Crippen molar-refractivity contribution in [3.63, 3.8) is 0 Å². The van der Waals surface area contributed by atoms with Gasteiger partial charge in [-0.1, -0.05) is 18.0 Å². The number of hydrogen-bond acceptors (Lipinski definition) is 4. The molecule has 0 amide bonds. The van der Waals surface area contributed by atoms with Crippen molar-refractivity contribution >= 4 is 23.0 Å². The van der Waals surface area contributed by atoms with Crippen LogP contribution in [0.15, 0.2) is 18.2 Å². The van der Waals surface area contributed by atoms with Gasteiger partial charge >= 0.3 is 0 Å². The van der Waals surface area contributed by atoms with Gasteiger partial charge in [-0.05, 0) is 25.0 Å². The highest BCUT2D eigenvalue weighted by atomic mass is 35.5. The number of anilines is 1. The average molecular weight is 271 g/mol. The Hall–Kier alpha value is -1.33. The quantitative estimate of drug-likeness (QED) is 0.652. The van der Waals surface area contributed by atoms with Crippen molar-refractivity contribution in [2.45, 2.75) is 25.4 Å². The Morgan fingerprint density at radius 2 is 2.28 bits per heavy atom. The molecule has 2 unspecified atom stereocenters. The van der Waals surface area contributed by atoms with E-state index in [4.69, 9.17) is 11.6 Å². The van der Waals surface area contributed by atoms with Gasteiger partial charge in [-0.3, -0.25) is 10.1 Å². The van der Waals surface area contributed by atoms with E-state index in [0.29, 0.717) is 17.3 Å². The van der Waals surface area contributed by atoms with Gasteiger partial charge in [0, 0.05) is 23.6 Å². The largest absolute Gasteiger partial charge is 0.393 e. The van der Waals surface area contributed by atoms with E-state index in [2.05, 4.69) is 5.32 Å². The molecule has 2 rings (SSSR count). The standard InChI is InChI=1S/C12H15ClN2O3/c13-9-4-5-11(15(17)18)10(6-9)14-7-8-2-1-3-12(8)16/h4-6,8,12,14,16H,1-3,7H2. The summed E-state index contributed by atoms with van der Waals surface area (Å²) in [5.74, 6) is 0.156. The minimum Gasteiger partial charge on any atom is -0.393 e. The molecule has 0 aliphatic heterocycles. The topological polar surface area (TPSA) is 75.4 Å². The summed E-state index contributed by atoms with van der Waals surface area (Å²) in [6.45, 7) is 0.530. The molecule has 1 saturated carbocycles. The molecule has 5 nitrogen and oxygen atoms in total. The van der Waals surface area contributed by atoms with Crippen LogP contribution in [0.2, 0.25) is 5.02 Å². The molecule has 0 aromatic heterocycles. The minimum atomic E-state index is -0.441. The predicted octanol–water partition coefficient (Wildman–Crippen LogP) is 2.82. The van der Waals surface area contributed by atoms with Crippen LogP contribution in [0.4, 0.5) is 11.4 Å². The second kappa shape index (κ2) is 5.54. The third kappa shape index (κ3) is 2.91. The number of nitro benzene ring substituents is 1. The molecule has 1 aliphatic carbocycles. The molecule has 2 atom stereocenters. The SMILES string of the molecule is O=[N+]([O-])c1ccc(Cl)cc1NCC1CCCC1O. The Balaban J connectivity index is 2.08. The van der Waals surface area contributed by atoms with E-state index in [9.17, 15) is 15.2 Å². The summed E-state index contributed by atoms with van der Waals surface area (Å²) in [7, 11) is 0. The van der Waals surface area contributed by atoms with Crippen molar-refractivity contribution < 1.29 is 10.0 Å². The van der Waals surface area contributed by atoms with E-state index in [1.807, 2.05) is 0 Å². The summed E-state index contributed by atoms with van der Waals surface area (Å²) in [5, 5.41) is 24.0. The zero-order valence-electron chi connectivity index (χ0n) is 9.80. The summed E-state index contributed by atoms with van der Waals surface area (Å²) in [4.78, 5) is 10.4. The summed E-state index contributed by atoms with van der Waals surface area (Å²) in [6.07, 6.45) is 2.45. The van der Waals surface area contributed by atoms with Gasteiger partial charge in [0.2, 0.25) is 0 Å². The van der Waals surface area contributed by atoms with E-state index >= 15 is 0 Å². The van der Waals surface area contributed by atoms with Gasteiger partial charge in [-0.15, -0.1) is 0 Å². The monoisotopic (exact) mass is 270 g/mol. The predicted molar refractivity (Wildman–Crippen MR) is 69.9 cm³/mol. The fraction of sp³-hybridized carbons (Fsp3) is 0.500. The van der Waals surface area contributed by atoms with E-state index in [0.717, 1.165) is 19.3 Å². The molecule has 1 fully saturated rings. The Bertz CT molecular complexity index is 453. The first-order valence-corrected chi connectivity index (χ1v) is 6.31. The average Bonchev–Trinajstić information content (AvgIpc) is 2.72. The van der Waals surface area contributed by atoms with Crippen LogP contribution in [0.25, 0.3) is 0 Å². The molecule has 98 valence electrons. The number of aliphatic hydroxyl groups is 1. The van der Waals surface area contributed by atoms with Gasteiger partial charge in [-0.2, -0.15) is 0 Å². The number of rotatable bonds is 4. The van der Waals surface area contributed by atoms with Crippen molar-refractivity contribution in [1.29, 1.82) is 0 Å². The molecular formula is C12H15ClN2O3. The fourth-order valence-electron chi connectivity index (χ4n) is 2.31. The third-order valence-electron chi connectivity index (χ3n) is 3.33. The Morgan fingerprint density at radius 3 is 2.89 bits per heavy atom. The second-order valence-corrected chi connectivity index (χ2v) is 4.99. The van der Waals surface area contributed by atoms with E-state index in [-0.39, 0.29) is 17.7 Å². The highest BCUT2D eigenvalue weighted by molar-refractivity contribution is 6.31. The maximum absolute atomic E-state index is 10.9. The number of benzene rings is 1. The molecule has 0 spiro atoms. The second-order valence-electron chi connectivity index (χ2n) is 4.56. The first-order valence-electron chi connectivity index (χ1n) is 5.94. The first-order chi connectivity index (χ1) is 8.58. The van der Waals surface area contributed by atoms with Crippen LogP contribution in [-0.2, 0) is 0 Å². The molecule has 0 heterocycles. The number of nitro groups is 1. The molecule has 0 radical (unpaired) electrons. The lowest BCUT2D eigenvalue weighted by atomic mass is 10.1. The van der Waals surface area contributed by atoms with Gasteiger partial charge in [0.1, 0.15) is 5.69 Å². The zero-order chi connectivity index (χ0) is 13.1. The fourth-order valence-corrected chi connectivity index (χ4v) is 2.48. The van der Waals surface area contributed by atoms with Gasteiger partial charge < -0.3 is 10.4 Å². The Morgan fingerprint density at radius 1 is 1.50 bits per heavy atom. The number of nitrogens with zero attached hydrogens (tertiary/aromatic N) is 1. The Labute approximate surface area is 110 Å². The summed E-state index contributed by atoms with van der Waals surface area (Å²) in [5.41, 5.74) is 0.415. The number of halogens is 1. The molecule has 18 heavy (non-hydrogen) atoms. The van der Waals surface area contributed by atoms with Crippen molar-refractivity contribution in [2.75, 3.05) is 11.9 Å². The van der Waals surface area contributed by atoms with E-state index in [1.165, 1.54) is 12.1 Å². The third-order valence-corrected chi connectivity index (χ3v) is 3.56. The van der Waals surface area contributed by atoms with Crippen molar-refractivity contribution in [1.82, 2.24) is 0 Å². The molecule has 6 heteroatoms. The smallest absolute Gasteiger partial charge is 0.292 e. The van der Waals surface area contributed by atoms with Crippen LogP contribution >= 0.6 is 11.6 Å². The van der Waals surface area contributed by atoms with Gasteiger partial charge in [-0.25, -0.2) is 0 Å². The molecule has 1 aromatic rings. The van der Waals surface area contributed by atoms with Crippen molar-refractivity contribution in [3.8, 4) is 0 Å². The summed E-state index contributed by atoms with van der Waals surface area (Å²) < 4.78 is 0. The number of nitrogens with one attached hydrogen (secondary N) is 1. The maximum atomic E-state index is 10.9. The minimum absolute atomic E-state index is 0.00638. The summed E-state index contributed by atoms with van der Waals surface area (Å²) >= 11 is 5.83. The van der Waals surface area contributed by atoms with Crippen LogP contribution in [0.1, 0.15) is 19.3 Å². The lowest BCUT2D eigenvalue weighted by Gasteiger charge is -2.16.